The Balaban J connectivity index is 2.47. The average molecular weight is 214 g/mol. The molecule has 84 valence electrons. The van der Waals surface area contributed by atoms with Crippen molar-refractivity contribution in [3.63, 3.8) is 0 Å². The zero-order chi connectivity index (χ0) is 11.8. The Labute approximate surface area is 96.9 Å². The minimum Gasteiger partial charge on any atom is -0.370 e. The Bertz CT molecular complexity index is 497. The van der Waals surface area contributed by atoms with Gasteiger partial charge in [-0.1, -0.05) is 12.1 Å². The number of hydrogen-bond acceptors (Lipinski definition) is 2. The van der Waals surface area contributed by atoms with E-state index in [-0.39, 0.29) is 5.54 Å². The SMILES string of the molecule is CN(c1ccc2cccnc2c1)C(C)(C)C. The number of pyridine rings is 1. The van der Waals surface area contributed by atoms with Crippen LogP contribution in [-0.2, 0) is 0 Å². The van der Waals surface area contributed by atoms with Crippen LogP contribution in [0.4, 0.5) is 5.69 Å². The van der Waals surface area contributed by atoms with E-state index in [9.17, 15) is 0 Å². The summed E-state index contributed by atoms with van der Waals surface area (Å²) in [6.07, 6.45) is 1.84. The molecule has 16 heavy (non-hydrogen) atoms. The van der Waals surface area contributed by atoms with Gasteiger partial charge in [-0.3, -0.25) is 4.98 Å². The minimum absolute atomic E-state index is 0.127. The van der Waals surface area contributed by atoms with E-state index in [1.165, 1.54) is 11.1 Å². The summed E-state index contributed by atoms with van der Waals surface area (Å²) in [5, 5.41) is 1.19. The molecule has 1 aromatic carbocycles. The lowest BCUT2D eigenvalue weighted by atomic mass is 10.1. The van der Waals surface area contributed by atoms with Crippen LogP contribution in [0.3, 0.4) is 0 Å². The first kappa shape index (κ1) is 10.9. The highest BCUT2D eigenvalue weighted by atomic mass is 15.2. The Morgan fingerprint density at radius 1 is 1.12 bits per heavy atom. The maximum atomic E-state index is 4.38. The van der Waals surface area contributed by atoms with Crippen molar-refractivity contribution in [3.8, 4) is 0 Å². The predicted molar refractivity (Wildman–Crippen MR) is 69.9 cm³/mol. The van der Waals surface area contributed by atoms with Crippen LogP contribution in [0.1, 0.15) is 20.8 Å². The fraction of sp³-hybridized carbons (Fsp3) is 0.357. The quantitative estimate of drug-likeness (QED) is 0.722. The predicted octanol–water partition coefficient (Wildman–Crippen LogP) is 3.47. The number of aromatic nitrogens is 1. The summed E-state index contributed by atoms with van der Waals surface area (Å²) in [5.74, 6) is 0. The van der Waals surface area contributed by atoms with Crippen molar-refractivity contribution in [2.45, 2.75) is 26.3 Å². The van der Waals surface area contributed by atoms with Crippen molar-refractivity contribution in [1.82, 2.24) is 4.98 Å². The molecular weight excluding hydrogens is 196 g/mol. The Kier molecular flexibility index (Phi) is 2.58. The smallest absolute Gasteiger partial charge is 0.0722 e. The molecule has 2 heteroatoms. The van der Waals surface area contributed by atoms with Gasteiger partial charge in [-0.25, -0.2) is 0 Å². The summed E-state index contributed by atoms with van der Waals surface area (Å²) in [4.78, 5) is 6.64. The van der Waals surface area contributed by atoms with Crippen molar-refractivity contribution < 1.29 is 0 Å². The van der Waals surface area contributed by atoms with Gasteiger partial charge in [0.05, 0.1) is 5.52 Å². The molecule has 2 nitrogen and oxygen atoms in total. The maximum Gasteiger partial charge on any atom is 0.0722 e. The topological polar surface area (TPSA) is 16.1 Å². The summed E-state index contributed by atoms with van der Waals surface area (Å²) in [6, 6.07) is 10.5. The number of nitrogens with zero attached hydrogens (tertiary/aromatic N) is 2. The second-order valence-electron chi connectivity index (χ2n) is 5.11. The molecule has 0 aliphatic rings. The van der Waals surface area contributed by atoms with Gasteiger partial charge in [-0.15, -0.1) is 0 Å². The van der Waals surface area contributed by atoms with Crippen LogP contribution in [0.25, 0.3) is 10.9 Å². The van der Waals surface area contributed by atoms with Crippen molar-refractivity contribution in [2.75, 3.05) is 11.9 Å². The third-order valence-corrected chi connectivity index (χ3v) is 2.98. The summed E-state index contributed by atoms with van der Waals surface area (Å²) in [6.45, 7) is 6.61. The molecule has 1 heterocycles. The van der Waals surface area contributed by atoms with Crippen molar-refractivity contribution in [3.05, 3.63) is 36.5 Å². The molecule has 0 unspecified atom stereocenters. The summed E-state index contributed by atoms with van der Waals surface area (Å²) >= 11 is 0. The second-order valence-corrected chi connectivity index (χ2v) is 5.11. The van der Waals surface area contributed by atoms with Crippen molar-refractivity contribution in [1.29, 1.82) is 0 Å². The lowest BCUT2D eigenvalue weighted by molar-refractivity contribution is 0.539. The largest absolute Gasteiger partial charge is 0.370 e. The molecule has 0 aliphatic heterocycles. The summed E-state index contributed by atoms with van der Waals surface area (Å²) in [7, 11) is 2.12. The first-order valence-electron chi connectivity index (χ1n) is 5.57. The third-order valence-electron chi connectivity index (χ3n) is 2.98. The monoisotopic (exact) mass is 214 g/mol. The Morgan fingerprint density at radius 2 is 1.88 bits per heavy atom. The van der Waals surface area contributed by atoms with E-state index < -0.39 is 0 Å². The van der Waals surface area contributed by atoms with Crippen molar-refractivity contribution in [2.24, 2.45) is 0 Å². The first-order valence-corrected chi connectivity index (χ1v) is 5.57. The normalized spacial score (nSPS) is 11.8. The molecule has 2 rings (SSSR count). The fourth-order valence-corrected chi connectivity index (χ4v) is 1.65. The van der Waals surface area contributed by atoms with E-state index in [0.717, 1.165) is 5.52 Å². The molecule has 2 aromatic rings. The van der Waals surface area contributed by atoms with E-state index in [0.29, 0.717) is 0 Å². The molecule has 0 saturated carbocycles. The molecule has 0 saturated heterocycles. The third kappa shape index (κ3) is 2.01. The highest BCUT2D eigenvalue weighted by Crippen LogP contribution is 2.24. The average Bonchev–Trinajstić information content (AvgIpc) is 2.26. The number of benzene rings is 1. The molecular formula is C14H18N2. The molecule has 0 aliphatic carbocycles. The number of anilines is 1. The first-order chi connectivity index (χ1) is 7.48. The van der Waals surface area contributed by atoms with Gasteiger partial charge in [0.2, 0.25) is 0 Å². The summed E-state index contributed by atoms with van der Waals surface area (Å²) < 4.78 is 0. The lowest BCUT2D eigenvalue weighted by Crippen LogP contribution is -2.37. The van der Waals surface area contributed by atoms with E-state index >= 15 is 0 Å². The van der Waals surface area contributed by atoms with E-state index in [1.807, 2.05) is 12.3 Å². The van der Waals surface area contributed by atoms with E-state index in [1.54, 1.807) is 0 Å². The van der Waals surface area contributed by atoms with Gasteiger partial charge in [0.1, 0.15) is 0 Å². The van der Waals surface area contributed by atoms with Gasteiger partial charge in [-0.2, -0.15) is 0 Å². The van der Waals surface area contributed by atoms with Gasteiger partial charge in [0.25, 0.3) is 0 Å². The zero-order valence-corrected chi connectivity index (χ0v) is 10.4. The number of fused-ring (bicyclic) bond motifs is 1. The fourth-order valence-electron chi connectivity index (χ4n) is 1.65. The molecule has 0 atom stereocenters. The van der Waals surface area contributed by atoms with E-state index in [2.05, 4.69) is 62.0 Å². The number of rotatable bonds is 1. The molecule has 0 N–H and O–H groups in total. The van der Waals surface area contributed by atoms with Crippen LogP contribution < -0.4 is 4.90 Å². The lowest BCUT2D eigenvalue weighted by Gasteiger charge is -2.34. The highest BCUT2D eigenvalue weighted by molar-refractivity contribution is 5.82. The molecule has 0 fully saturated rings. The van der Waals surface area contributed by atoms with Gasteiger partial charge in [0, 0.05) is 29.9 Å². The Morgan fingerprint density at radius 3 is 2.56 bits per heavy atom. The van der Waals surface area contributed by atoms with Crippen molar-refractivity contribution >= 4 is 16.6 Å². The molecule has 0 spiro atoms. The standard InChI is InChI=1S/C14H18N2/c1-14(2,3)16(4)12-8-7-11-6-5-9-15-13(11)10-12/h5-10H,1-4H3. The van der Waals surface area contributed by atoms with Gasteiger partial charge in [-0.05, 0) is 39.0 Å². The van der Waals surface area contributed by atoms with Crippen LogP contribution in [-0.4, -0.2) is 17.6 Å². The molecule has 0 amide bonds. The molecule has 0 bridgehead atoms. The Hall–Kier alpha value is -1.57. The van der Waals surface area contributed by atoms with Gasteiger partial charge < -0.3 is 4.90 Å². The van der Waals surface area contributed by atoms with Crippen LogP contribution in [0.2, 0.25) is 0 Å². The minimum atomic E-state index is 0.127. The number of hydrogen-bond donors (Lipinski definition) is 0. The second kappa shape index (κ2) is 3.78. The molecule has 0 radical (unpaired) electrons. The molecule has 1 aromatic heterocycles. The van der Waals surface area contributed by atoms with Crippen LogP contribution in [0, 0.1) is 0 Å². The summed E-state index contributed by atoms with van der Waals surface area (Å²) in [5.41, 5.74) is 2.39. The van der Waals surface area contributed by atoms with Crippen LogP contribution in [0.15, 0.2) is 36.5 Å². The van der Waals surface area contributed by atoms with Crippen LogP contribution >= 0.6 is 0 Å². The van der Waals surface area contributed by atoms with Crippen LogP contribution in [0.5, 0.6) is 0 Å². The van der Waals surface area contributed by atoms with Gasteiger partial charge in [0.15, 0.2) is 0 Å². The maximum absolute atomic E-state index is 4.38. The van der Waals surface area contributed by atoms with E-state index in [4.69, 9.17) is 0 Å². The van der Waals surface area contributed by atoms with Gasteiger partial charge >= 0.3 is 0 Å². The zero-order valence-electron chi connectivity index (χ0n) is 10.4. The highest BCUT2D eigenvalue weighted by Gasteiger charge is 2.17.